The predicted octanol–water partition coefficient (Wildman–Crippen LogP) is 3.62. The van der Waals surface area contributed by atoms with E-state index in [1.807, 2.05) is 38.1 Å². The highest BCUT2D eigenvalue weighted by atomic mass is 16.5. The lowest BCUT2D eigenvalue weighted by Gasteiger charge is -2.10. The Morgan fingerprint density at radius 3 is 2.50 bits per heavy atom. The molecular weight excluding hydrogens is 280 g/mol. The van der Waals surface area contributed by atoms with Crippen LogP contribution in [0.1, 0.15) is 29.8 Å². The number of carboxylic acids is 1. The first kappa shape index (κ1) is 15.6. The van der Waals surface area contributed by atoms with E-state index in [2.05, 4.69) is 10.5 Å². The number of hydrogen-bond donors (Lipinski definition) is 2. The topological polar surface area (TPSA) is 70.9 Å². The molecule has 22 heavy (non-hydrogen) atoms. The summed E-state index contributed by atoms with van der Waals surface area (Å²) in [4.78, 5) is 10.8. The van der Waals surface area contributed by atoms with Crippen molar-refractivity contribution in [2.45, 2.75) is 13.8 Å². The summed E-state index contributed by atoms with van der Waals surface area (Å²) >= 11 is 0. The molecule has 0 radical (unpaired) electrons. The SMILES string of the molecule is CCOc1ccccc1/C(C)=N\Nc1ccc(C(=O)O)cc1. The van der Waals surface area contributed by atoms with E-state index < -0.39 is 5.97 Å². The van der Waals surface area contributed by atoms with E-state index in [0.29, 0.717) is 6.61 Å². The van der Waals surface area contributed by atoms with Gasteiger partial charge < -0.3 is 9.84 Å². The van der Waals surface area contributed by atoms with Crippen molar-refractivity contribution in [1.29, 1.82) is 0 Å². The molecule has 5 nitrogen and oxygen atoms in total. The van der Waals surface area contributed by atoms with Crippen LogP contribution < -0.4 is 10.2 Å². The Morgan fingerprint density at radius 1 is 1.18 bits per heavy atom. The third-order valence-electron chi connectivity index (χ3n) is 3.06. The average Bonchev–Trinajstić information content (AvgIpc) is 2.54. The van der Waals surface area contributed by atoms with Gasteiger partial charge in [-0.1, -0.05) is 12.1 Å². The maximum Gasteiger partial charge on any atom is 0.335 e. The molecule has 0 spiro atoms. The van der Waals surface area contributed by atoms with Crippen molar-refractivity contribution < 1.29 is 14.6 Å². The number of carbonyl (C=O) groups is 1. The molecule has 0 aliphatic carbocycles. The van der Waals surface area contributed by atoms with Gasteiger partial charge in [0.1, 0.15) is 5.75 Å². The Bertz CT molecular complexity index is 679. The Morgan fingerprint density at radius 2 is 1.86 bits per heavy atom. The fourth-order valence-electron chi connectivity index (χ4n) is 1.94. The van der Waals surface area contributed by atoms with E-state index in [1.54, 1.807) is 12.1 Å². The van der Waals surface area contributed by atoms with Crippen LogP contribution in [-0.2, 0) is 0 Å². The van der Waals surface area contributed by atoms with Crippen LogP contribution in [0.2, 0.25) is 0 Å². The van der Waals surface area contributed by atoms with Crippen LogP contribution in [0.15, 0.2) is 53.6 Å². The third kappa shape index (κ3) is 3.85. The van der Waals surface area contributed by atoms with Crippen molar-refractivity contribution in [2.75, 3.05) is 12.0 Å². The van der Waals surface area contributed by atoms with Gasteiger partial charge in [-0.15, -0.1) is 0 Å². The lowest BCUT2D eigenvalue weighted by molar-refractivity contribution is 0.0697. The maximum absolute atomic E-state index is 10.8. The monoisotopic (exact) mass is 298 g/mol. The number of hydrogen-bond acceptors (Lipinski definition) is 4. The Kier molecular flexibility index (Phi) is 5.14. The first-order valence-electron chi connectivity index (χ1n) is 6.97. The Labute approximate surface area is 129 Å². The van der Waals surface area contributed by atoms with Gasteiger partial charge in [-0.05, 0) is 50.2 Å². The predicted molar refractivity (Wildman–Crippen MR) is 86.8 cm³/mol. The normalized spacial score (nSPS) is 11.1. The lowest BCUT2D eigenvalue weighted by Crippen LogP contribution is -2.04. The number of nitrogens with zero attached hydrogens (tertiary/aromatic N) is 1. The molecule has 2 aromatic rings. The van der Waals surface area contributed by atoms with Crippen molar-refractivity contribution in [2.24, 2.45) is 5.10 Å². The molecule has 2 aromatic carbocycles. The number of para-hydroxylation sites is 1. The summed E-state index contributed by atoms with van der Waals surface area (Å²) in [7, 11) is 0. The van der Waals surface area contributed by atoms with Crippen molar-refractivity contribution in [3.05, 3.63) is 59.7 Å². The Balaban J connectivity index is 2.14. The minimum absolute atomic E-state index is 0.243. The van der Waals surface area contributed by atoms with Crippen LogP contribution in [0.5, 0.6) is 5.75 Å². The van der Waals surface area contributed by atoms with Gasteiger partial charge in [0.25, 0.3) is 0 Å². The number of anilines is 1. The van der Waals surface area contributed by atoms with Crippen molar-refractivity contribution in [3.63, 3.8) is 0 Å². The van der Waals surface area contributed by atoms with Crippen LogP contribution in [-0.4, -0.2) is 23.4 Å². The number of rotatable bonds is 6. The van der Waals surface area contributed by atoms with Gasteiger partial charge in [0, 0.05) is 5.56 Å². The third-order valence-corrected chi connectivity index (χ3v) is 3.06. The molecule has 0 saturated carbocycles. The summed E-state index contributed by atoms with van der Waals surface area (Å²) in [5.74, 6) is -0.161. The summed E-state index contributed by atoms with van der Waals surface area (Å²) in [6.07, 6.45) is 0. The first-order chi connectivity index (χ1) is 10.6. The highest BCUT2D eigenvalue weighted by molar-refractivity contribution is 6.01. The molecule has 0 fully saturated rings. The number of benzene rings is 2. The van der Waals surface area contributed by atoms with Crippen LogP contribution >= 0.6 is 0 Å². The van der Waals surface area contributed by atoms with Crippen LogP contribution in [0.4, 0.5) is 5.69 Å². The fraction of sp³-hybridized carbons (Fsp3) is 0.176. The highest BCUT2D eigenvalue weighted by Gasteiger charge is 2.06. The van der Waals surface area contributed by atoms with Gasteiger partial charge in [0.2, 0.25) is 0 Å². The van der Waals surface area contributed by atoms with E-state index >= 15 is 0 Å². The number of ether oxygens (including phenoxy) is 1. The molecule has 0 aliphatic heterocycles. The largest absolute Gasteiger partial charge is 0.493 e. The number of hydrazone groups is 1. The van der Waals surface area contributed by atoms with Crippen molar-refractivity contribution in [3.8, 4) is 5.75 Å². The van der Waals surface area contributed by atoms with Crippen molar-refractivity contribution >= 4 is 17.4 Å². The summed E-state index contributed by atoms with van der Waals surface area (Å²) in [6, 6.07) is 14.1. The summed E-state index contributed by atoms with van der Waals surface area (Å²) in [5, 5.41) is 13.2. The molecule has 0 amide bonds. The van der Waals surface area contributed by atoms with E-state index in [0.717, 1.165) is 22.7 Å². The summed E-state index contributed by atoms with van der Waals surface area (Å²) in [6.45, 7) is 4.41. The molecule has 2 rings (SSSR count). The zero-order valence-electron chi connectivity index (χ0n) is 12.5. The second-order valence-corrected chi connectivity index (χ2v) is 4.62. The molecule has 0 atom stereocenters. The Hall–Kier alpha value is -2.82. The highest BCUT2D eigenvalue weighted by Crippen LogP contribution is 2.19. The van der Waals surface area contributed by atoms with Crippen molar-refractivity contribution in [1.82, 2.24) is 0 Å². The van der Waals surface area contributed by atoms with E-state index in [1.165, 1.54) is 12.1 Å². The second-order valence-electron chi connectivity index (χ2n) is 4.62. The second kappa shape index (κ2) is 7.26. The molecule has 0 unspecified atom stereocenters. The van der Waals surface area contributed by atoms with Gasteiger partial charge >= 0.3 is 5.97 Å². The fourth-order valence-corrected chi connectivity index (χ4v) is 1.94. The molecule has 0 aromatic heterocycles. The van der Waals surface area contributed by atoms with Gasteiger partial charge in [0.05, 0.1) is 23.6 Å². The number of nitrogens with one attached hydrogen (secondary N) is 1. The minimum Gasteiger partial charge on any atom is -0.493 e. The van der Waals surface area contributed by atoms with Gasteiger partial charge in [-0.2, -0.15) is 5.10 Å². The van der Waals surface area contributed by atoms with Gasteiger partial charge in [0.15, 0.2) is 0 Å². The molecule has 5 heteroatoms. The maximum atomic E-state index is 10.8. The summed E-state index contributed by atoms with van der Waals surface area (Å²) in [5.41, 5.74) is 5.58. The molecular formula is C17H18N2O3. The minimum atomic E-state index is -0.947. The molecule has 2 N–H and O–H groups in total. The van der Waals surface area contributed by atoms with Gasteiger partial charge in [-0.3, -0.25) is 5.43 Å². The van der Waals surface area contributed by atoms with E-state index in [-0.39, 0.29) is 5.56 Å². The number of carboxylic acid groups (broad SMARTS) is 1. The van der Waals surface area contributed by atoms with Crippen LogP contribution in [0.3, 0.4) is 0 Å². The number of aromatic carboxylic acids is 1. The molecule has 0 aliphatic rings. The molecule has 0 bridgehead atoms. The van der Waals surface area contributed by atoms with E-state index in [4.69, 9.17) is 9.84 Å². The summed E-state index contributed by atoms with van der Waals surface area (Å²) < 4.78 is 5.58. The quantitative estimate of drug-likeness (QED) is 0.631. The van der Waals surface area contributed by atoms with E-state index in [9.17, 15) is 4.79 Å². The van der Waals surface area contributed by atoms with Crippen LogP contribution in [0, 0.1) is 0 Å². The average molecular weight is 298 g/mol. The first-order valence-corrected chi connectivity index (χ1v) is 6.97. The zero-order valence-corrected chi connectivity index (χ0v) is 12.5. The molecule has 0 heterocycles. The van der Waals surface area contributed by atoms with Gasteiger partial charge in [-0.25, -0.2) is 4.79 Å². The smallest absolute Gasteiger partial charge is 0.335 e. The molecule has 114 valence electrons. The standard InChI is InChI=1S/C17H18N2O3/c1-3-22-16-7-5-4-6-15(16)12(2)18-19-14-10-8-13(9-11-14)17(20)21/h4-11,19H,3H2,1-2H3,(H,20,21)/b18-12-. The lowest BCUT2D eigenvalue weighted by atomic mass is 10.1. The molecule has 0 saturated heterocycles. The van der Waals surface area contributed by atoms with Crippen LogP contribution in [0.25, 0.3) is 0 Å². The zero-order chi connectivity index (χ0) is 15.9.